The number of benzene rings is 1. The molecule has 6 heteroatoms. The molecule has 2 aromatic rings. The first-order valence-electron chi connectivity index (χ1n) is 4.12. The van der Waals surface area contributed by atoms with Crippen molar-refractivity contribution in [2.75, 3.05) is 0 Å². The Hall–Kier alpha value is -1.17. The van der Waals surface area contributed by atoms with E-state index in [1.54, 1.807) is 12.1 Å². The predicted molar refractivity (Wildman–Crippen MR) is 53.0 cm³/mol. The third-order valence-electron chi connectivity index (χ3n) is 2.12. The summed E-state index contributed by atoms with van der Waals surface area (Å²) in [6, 6.07) is 4.69. The lowest BCUT2D eigenvalue weighted by Gasteiger charge is -2.05. The highest BCUT2D eigenvalue weighted by Gasteiger charge is 2.36. The number of imidazole rings is 1. The highest BCUT2D eigenvalue weighted by Crippen LogP contribution is 2.31. The zero-order valence-electron chi connectivity index (χ0n) is 7.71. The molecule has 1 aromatic carbocycles. The number of halogens is 3. The minimum absolute atomic E-state index is 0.322. The summed E-state index contributed by atoms with van der Waals surface area (Å²) in [4.78, 5) is 4.14. The number of aryl methyl sites for hydroxylation is 1. The van der Waals surface area contributed by atoms with Crippen LogP contribution in [0.25, 0.3) is 11.0 Å². The molecule has 1 aromatic heterocycles. The van der Waals surface area contributed by atoms with Gasteiger partial charge in [-0.3, -0.25) is 0 Å². The summed E-state index contributed by atoms with van der Waals surface area (Å²) in [5.41, 5.74) is 0.748. The van der Waals surface area contributed by atoms with E-state index in [1.807, 2.05) is 0 Å². The Morgan fingerprint density at radius 2 is 2.00 bits per heavy atom. The number of fused-ring (bicyclic) bond motifs is 1. The van der Waals surface area contributed by atoms with E-state index in [4.69, 9.17) is 0 Å². The van der Waals surface area contributed by atoms with Crippen LogP contribution in [0.3, 0.4) is 0 Å². The van der Waals surface area contributed by atoms with Gasteiger partial charge in [-0.25, -0.2) is 4.98 Å². The smallest absolute Gasteiger partial charge is 0.323 e. The summed E-state index contributed by atoms with van der Waals surface area (Å²) >= 11 is 4.07. The zero-order valence-corrected chi connectivity index (χ0v) is 8.60. The first-order valence-corrected chi connectivity index (χ1v) is 4.57. The van der Waals surface area contributed by atoms with Gasteiger partial charge >= 0.3 is 6.18 Å². The van der Waals surface area contributed by atoms with Crippen molar-refractivity contribution in [3.63, 3.8) is 0 Å². The van der Waals surface area contributed by atoms with Crippen LogP contribution in [-0.4, -0.2) is 9.55 Å². The van der Waals surface area contributed by atoms with E-state index in [0.29, 0.717) is 15.9 Å². The number of hydrogen-bond acceptors (Lipinski definition) is 2. The van der Waals surface area contributed by atoms with E-state index >= 15 is 0 Å². The molecule has 0 aliphatic heterocycles. The van der Waals surface area contributed by atoms with Gasteiger partial charge in [-0.1, -0.05) is 0 Å². The molecule has 0 atom stereocenters. The summed E-state index contributed by atoms with van der Waals surface area (Å²) in [6.45, 7) is 0. The van der Waals surface area contributed by atoms with Crippen LogP contribution < -0.4 is 0 Å². The van der Waals surface area contributed by atoms with Gasteiger partial charge in [0.2, 0.25) is 5.82 Å². The van der Waals surface area contributed by atoms with Crippen LogP contribution in [0.4, 0.5) is 13.2 Å². The average Bonchev–Trinajstić information content (AvgIpc) is 2.43. The maximum atomic E-state index is 12.5. The molecule has 2 rings (SSSR count). The molecule has 0 aliphatic carbocycles. The molecule has 0 saturated heterocycles. The van der Waals surface area contributed by atoms with Crippen molar-refractivity contribution in [3.8, 4) is 0 Å². The highest BCUT2D eigenvalue weighted by atomic mass is 32.1. The van der Waals surface area contributed by atoms with Crippen molar-refractivity contribution in [2.24, 2.45) is 7.05 Å². The second-order valence-electron chi connectivity index (χ2n) is 3.17. The van der Waals surface area contributed by atoms with E-state index in [-0.39, 0.29) is 0 Å². The highest BCUT2D eigenvalue weighted by molar-refractivity contribution is 7.80. The van der Waals surface area contributed by atoms with Gasteiger partial charge in [0.15, 0.2) is 0 Å². The van der Waals surface area contributed by atoms with Crippen LogP contribution in [0.1, 0.15) is 5.82 Å². The first kappa shape index (κ1) is 10.4. The molecule has 0 aliphatic rings. The van der Waals surface area contributed by atoms with E-state index in [9.17, 15) is 13.2 Å². The maximum Gasteiger partial charge on any atom is 0.449 e. The van der Waals surface area contributed by atoms with Crippen LogP contribution in [0.2, 0.25) is 0 Å². The molecule has 80 valence electrons. The molecular formula is C9H7F3N2S. The van der Waals surface area contributed by atoms with Gasteiger partial charge in [0, 0.05) is 11.9 Å². The molecule has 0 fully saturated rings. The zero-order chi connectivity index (χ0) is 11.2. The fourth-order valence-electron chi connectivity index (χ4n) is 1.43. The van der Waals surface area contributed by atoms with Crippen LogP contribution in [0, 0.1) is 0 Å². The van der Waals surface area contributed by atoms with Crippen molar-refractivity contribution < 1.29 is 13.2 Å². The largest absolute Gasteiger partial charge is 0.449 e. The molecule has 0 spiro atoms. The van der Waals surface area contributed by atoms with E-state index in [2.05, 4.69) is 17.6 Å². The van der Waals surface area contributed by atoms with Crippen LogP contribution >= 0.6 is 12.6 Å². The molecule has 0 amide bonds. The van der Waals surface area contributed by atoms with E-state index in [1.165, 1.54) is 13.1 Å². The number of nitrogens with zero attached hydrogens (tertiary/aromatic N) is 2. The van der Waals surface area contributed by atoms with Gasteiger partial charge < -0.3 is 4.57 Å². The molecule has 0 N–H and O–H groups in total. The predicted octanol–water partition coefficient (Wildman–Crippen LogP) is 2.88. The molecule has 0 bridgehead atoms. The Kier molecular flexibility index (Phi) is 2.18. The average molecular weight is 232 g/mol. The fraction of sp³-hybridized carbons (Fsp3) is 0.222. The lowest BCUT2D eigenvalue weighted by Crippen LogP contribution is -2.12. The number of alkyl halides is 3. The second-order valence-corrected chi connectivity index (χ2v) is 3.68. The van der Waals surface area contributed by atoms with Gasteiger partial charge in [0.05, 0.1) is 11.0 Å². The van der Waals surface area contributed by atoms with E-state index in [0.717, 1.165) is 4.57 Å². The van der Waals surface area contributed by atoms with Crippen molar-refractivity contribution >= 4 is 23.7 Å². The van der Waals surface area contributed by atoms with Crippen molar-refractivity contribution in [1.82, 2.24) is 9.55 Å². The third kappa shape index (κ3) is 1.69. The number of hydrogen-bond donors (Lipinski definition) is 1. The number of thiol groups is 1. The van der Waals surface area contributed by atoms with Crippen LogP contribution in [0.15, 0.2) is 23.1 Å². The standard InChI is InChI=1S/C9H7F3N2S/c1-14-7-4-5(15)2-3-6(7)13-8(14)9(10,11)12/h2-4,15H,1H3. The lowest BCUT2D eigenvalue weighted by atomic mass is 10.3. The molecule has 1 heterocycles. The Balaban J connectivity index is 2.76. The molecule has 0 radical (unpaired) electrons. The van der Waals surface area contributed by atoms with Crippen molar-refractivity contribution in [3.05, 3.63) is 24.0 Å². The van der Waals surface area contributed by atoms with Crippen molar-refractivity contribution in [1.29, 1.82) is 0 Å². The van der Waals surface area contributed by atoms with Gasteiger partial charge in [-0.15, -0.1) is 12.6 Å². The SMILES string of the molecule is Cn1c(C(F)(F)F)nc2ccc(S)cc21. The molecule has 2 nitrogen and oxygen atoms in total. The molecule has 0 saturated carbocycles. The topological polar surface area (TPSA) is 17.8 Å². The summed E-state index contributed by atoms with van der Waals surface area (Å²) in [6.07, 6.45) is -4.43. The monoisotopic (exact) mass is 232 g/mol. The minimum Gasteiger partial charge on any atom is -0.323 e. The molecular weight excluding hydrogens is 225 g/mol. The maximum absolute atomic E-state index is 12.5. The molecule has 15 heavy (non-hydrogen) atoms. The van der Waals surface area contributed by atoms with Gasteiger partial charge in [0.1, 0.15) is 0 Å². The normalized spacial score (nSPS) is 12.3. The molecule has 0 unspecified atom stereocenters. The number of rotatable bonds is 0. The van der Waals surface area contributed by atoms with Gasteiger partial charge in [-0.05, 0) is 18.2 Å². The Labute approximate surface area is 89.1 Å². The lowest BCUT2D eigenvalue weighted by molar-refractivity contribution is -0.146. The summed E-state index contributed by atoms with van der Waals surface area (Å²) < 4.78 is 38.5. The van der Waals surface area contributed by atoms with Gasteiger partial charge in [-0.2, -0.15) is 13.2 Å². The van der Waals surface area contributed by atoms with Crippen LogP contribution in [-0.2, 0) is 13.2 Å². The Morgan fingerprint density at radius 3 is 2.60 bits per heavy atom. The summed E-state index contributed by atoms with van der Waals surface area (Å²) in [5.74, 6) is -0.892. The van der Waals surface area contributed by atoms with E-state index < -0.39 is 12.0 Å². The summed E-state index contributed by atoms with van der Waals surface area (Å²) in [7, 11) is 1.34. The first-order chi connectivity index (χ1) is 6.89. The number of aromatic nitrogens is 2. The third-order valence-corrected chi connectivity index (χ3v) is 2.40. The quantitative estimate of drug-likeness (QED) is 0.691. The van der Waals surface area contributed by atoms with Crippen molar-refractivity contribution in [2.45, 2.75) is 11.1 Å². The Morgan fingerprint density at radius 1 is 1.33 bits per heavy atom. The summed E-state index contributed by atoms with van der Waals surface area (Å²) in [5, 5.41) is 0. The van der Waals surface area contributed by atoms with Crippen LogP contribution in [0.5, 0.6) is 0 Å². The fourth-order valence-corrected chi connectivity index (χ4v) is 1.63. The Bertz CT molecular complexity index is 516. The van der Waals surface area contributed by atoms with Gasteiger partial charge in [0.25, 0.3) is 0 Å². The minimum atomic E-state index is -4.43. The second kappa shape index (κ2) is 3.16.